The van der Waals surface area contributed by atoms with Gasteiger partial charge in [0.25, 0.3) is 6.43 Å². The number of rotatable bonds is 7. The second kappa shape index (κ2) is 7.50. The number of Topliss-reactive ketones (excluding diaryl/α,β-unsaturated/α-hetero) is 1. The summed E-state index contributed by atoms with van der Waals surface area (Å²) in [5.41, 5.74) is 0.901. The average molecular weight is 307 g/mol. The lowest BCUT2D eigenvalue weighted by molar-refractivity contribution is -0.119. The van der Waals surface area contributed by atoms with Crippen molar-refractivity contribution < 1.29 is 18.3 Å². The molecule has 0 aliphatic rings. The van der Waals surface area contributed by atoms with Gasteiger partial charge >= 0.3 is 0 Å². The number of carbonyl (C=O) groups excluding carboxylic acids is 1. The lowest BCUT2D eigenvalue weighted by atomic mass is 10.1. The first-order chi connectivity index (χ1) is 8.08. The van der Waals surface area contributed by atoms with Gasteiger partial charge in [0.1, 0.15) is 12.4 Å². The minimum absolute atomic E-state index is 0.0163. The van der Waals surface area contributed by atoms with E-state index >= 15 is 0 Å². The smallest absolute Gasteiger partial charge is 0.261 e. The molecular formula is C12H13BrF2O2. The molecule has 0 radical (unpaired) electrons. The van der Waals surface area contributed by atoms with Crippen LogP contribution in [0.2, 0.25) is 0 Å². The van der Waals surface area contributed by atoms with Gasteiger partial charge in [-0.15, -0.1) is 0 Å². The Labute approximate surface area is 107 Å². The minimum atomic E-state index is -2.48. The van der Waals surface area contributed by atoms with Crippen LogP contribution in [0.15, 0.2) is 28.7 Å². The van der Waals surface area contributed by atoms with Gasteiger partial charge < -0.3 is 4.74 Å². The van der Waals surface area contributed by atoms with Crippen LogP contribution in [-0.4, -0.2) is 25.4 Å². The number of ketones is 1. The quantitative estimate of drug-likeness (QED) is 0.723. The molecule has 1 aromatic rings. The molecule has 0 aromatic heterocycles. The molecule has 0 fully saturated rings. The van der Waals surface area contributed by atoms with Gasteiger partial charge in [0, 0.05) is 17.3 Å². The first-order valence-electron chi connectivity index (χ1n) is 5.20. The summed E-state index contributed by atoms with van der Waals surface area (Å²) in [5, 5.41) is 0. The molecule has 1 rings (SSSR count). The molecule has 2 nitrogen and oxygen atoms in total. The van der Waals surface area contributed by atoms with E-state index in [9.17, 15) is 13.6 Å². The van der Waals surface area contributed by atoms with Crippen molar-refractivity contribution in [1.82, 2.24) is 0 Å². The normalized spacial score (nSPS) is 10.8. The zero-order chi connectivity index (χ0) is 12.7. The van der Waals surface area contributed by atoms with Gasteiger partial charge in [-0.3, -0.25) is 4.79 Å². The predicted molar refractivity (Wildman–Crippen MR) is 64.3 cm³/mol. The Bertz CT molecular complexity index is 369. The number of hydrogen-bond acceptors (Lipinski definition) is 2. The maximum atomic E-state index is 11.7. The van der Waals surface area contributed by atoms with Crippen LogP contribution in [0.4, 0.5) is 8.78 Å². The summed E-state index contributed by atoms with van der Waals surface area (Å²) >= 11 is 3.31. The molecule has 5 heteroatoms. The molecule has 0 unspecified atom stereocenters. The maximum Gasteiger partial charge on any atom is 0.261 e. The molecule has 94 valence electrons. The molecule has 1 aromatic carbocycles. The van der Waals surface area contributed by atoms with Crippen LogP contribution in [0.1, 0.15) is 12.0 Å². The van der Waals surface area contributed by atoms with Crippen LogP contribution in [0, 0.1) is 0 Å². The Morgan fingerprint density at radius 3 is 2.82 bits per heavy atom. The fourth-order valence-electron chi connectivity index (χ4n) is 1.32. The average Bonchev–Trinajstić information content (AvgIpc) is 2.24. The molecular weight excluding hydrogens is 294 g/mol. The summed E-state index contributed by atoms with van der Waals surface area (Å²) in [6.07, 6.45) is -2.01. The predicted octanol–water partition coefficient (Wildman–Crippen LogP) is 3.23. The van der Waals surface area contributed by atoms with Gasteiger partial charge in [-0.1, -0.05) is 28.1 Å². The van der Waals surface area contributed by atoms with E-state index in [1.165, 1.54) is 0 Å². The van der Waals surface area contributed by atoms with E-state index < -0.39 is 13.0 Å². The zero-order valence-electron chi connectivity index (χ0n) is 9.17. The van der Waals surface area contributed by atoms with Gasteiger partial charge in [-0.2, -0.15) is 0 Å². The van der Waals surface area contributed by atoms with Crippen molar-refractivity contribution in [3.8, 4) is 0 Å². The lowest BCUT2D eigenvalue weighted by Gasteiger charge is -2.03. The monoisotopic (exact) mass is 306 g/mol. The number of alkyl halides is 2. The highest BCUT2D eigenvalue weighted by molar-refractivity contribution is 9.10. The van der Waals surface area contributed by atoms with E-state index in [-0.39, 0.29) is 18.8 Å². The Morgan fingerprint density at radius 1 is 1.41 bits per heavy atom. The highest BCUT2D eigenvalue weighted by atomic mass is 79.9. The number of hydrogen-bond donors (Lipinski definition) is 0. The summed E-state index contributed by atoms with van der Waals surface area (Å²) in [6, 6.07) is 7.43. The van der Waals surface area contributed by atoms with Gasteiger partial charge in [-0.05, 0) is 17.7 Å². The molecule has 0 saturated carbocycles. The van der Waals surface area contributed by atoms with Crippen LogP contribution >= 0.6 is 15.9 Å². The molecule has 0 aliphatic heterocycles. The molecule has 0 heterocycles. The molecule has 0 aliphatic carbocycles. The second-order valence-corrected chi connectivity index (χ2v) is 4.48. The molecule has 17 heavy (non-hydrogen) atoms. The Balaban J connectivity index is 2.25. The molecule has 0 atom stereocenters. The van der Waals surface area contributed by atoms with Crippen LogP contribution in [0.5, 0.6) is 0 Å². The second-order valence-electron chi connectivity index (χ2n) is 3.56. The van der Waals surface area contributed by atoms with Crippen LogP contribution < -0.4 is 0 Å². The summed E-state index contributed by atoms with van der Waals surface area (Å²) in [6.45, 7) is -0.554. The van der Waals surface area contributed by atoms with E-state index in [0.717, 1.165) is 10.0 Å². The van der Waals surface area contributed by atoms with Crippen molar-refractivity contribution in [3.05, 3.63) is 34.3 Å². The van der Waals surface area contributed by atoms with E-state index in [4.69, 9.17) is 0 Å². The van der Waals surface area contributed by atoms with Crippen molar-refractivity contribution in [2.75, 3.05) is 13.2 Å². The van der Waals surface area contributed by atoms with Crippen LogP contribution in [0.25, 0.3) is 0 Å². The van der Waals surface area contributed by atoms with E-state index in [2.05, 4.69) is 20.7 Å². The van der Waals surface area contributed by atoms with E-state index in [0.29, 0.717) is 6.42 Å². The third-order valence-electron chi connectivity index (χ3n) is 2.06. The number of ether oxygens (including phenoxy) is 1. The SMILES string of the molecule is O=C(CCOCC(F)F)Cc1cccc(Br)c1. The number of halogens is 3. The standard InChI is InChI=1S/C12H13BrF2O2/c13-10-3-1-2-9(6-10)7-11(16)4-5-17-8-12(14)15/h1-3,6,12H,4-5,7-8H2. The molecule has 0 N–H and O–H groups in total. The maximum absolute atomic E-state index is 11.7. The zero-order valence-corrected chi connectivity index (χ0v) is 10.8. The van der Waals surface area contributed by atoms with Gasteiger partial charge in [-0.25, -0.2) is 8.78 Å². The van der Waals surface area contributed by atoms with Crippen molar-refractivity contribution in [1.29, 1.82) is 0 Å². The number of benzene rings is 1. The third kappa shape index (κ3) is 6.48. The van der Waals surface area contributed by atoms with Crippen molar-refractivity contribution >= 4 is 21.7 Å². The Kier molecular flexibility index (Phi) is 6.29. The van der Waals surface area contributed by atoms with Crippen molar-refractivity contribution in [3.63, 3.8) is 0 Å². The summed E-state index contributed by atoms with van der Waals surface area (Å²) < 4.78 is 29.0. The third-order valence-corrected chi connectivity index (χ3v) is 2.55. The molecule has 0 amide bonds. The Hall–Kier alpha value is -0.810. The van der Waals surface area contributed by atoms with Gasteiger partial charge in [0.15, 0.2) is 0 Å². The highest BCUT2D eigenvalue weighted by Crippen LogP contribution is 2.12. The fourth-order valence-corrected chi connectivity index (χ4v) is 1.77. The summed E-state index contributed by atoms with van der Waals surface area (Å²) in [5.74, 6) is -0.0163. The summed E-state index contributed by atoms with van der Waals surface area (Å²) in [7, 11) is 0. The van der Waals surface area contributed by atoms with Gasteiger partial charge in [0.05, 0.1) is 6.61 Å². The topological polar surface area (TPSA) is 26.3 Å². The van der Waals surface area contributed by atoms with Crippen LogP contribution in [0.3, 0.4) is 0 Å². The lowest BCUT2D eigenvalue weighted by Crippen LogP contribution is -2.10. The first kappa shape index (κ1) is 14.3. The first-order valence-corrected chi connectivity index (χ1v) is 5.99. The summed E-state index contributed by atoms with van der Waals surface area (Å²) in [4.78, 5) is 11.5. The number of carbonyl (C=O) groups is 1. The molecule has 0 spiro atoms. The fraction of sp³-hybridized carbons (Fsp3) is 0.417. The minimum Gasteiger partial charge on any atom is -0.375 e. The highest BCUT2D eigenvalue weighted by Gasteiger charge is 2.06. The molecule has 0 saturated heterocycles. The van der Waals surface area contributed by atoms with Crippen molar-refractivity contribution in [2.24, 2.45) is 0 Å². The van der Waals surface area contributed by atoms with Gasteiger partial charge in [0.2, 0.25) is 0 Å². The van der Waals surface area contributed by atoms with E-state index in [1.54, 1.807) is 0 Å². The Morgan fingerprint density at radius 2 is 2.18 bits per heavy atom. The van der Waals surface area contributed by atoms with Crippen LogP contribution in [-0.2, 0) is 16.0 Å². The molecule has 0 bridgehead atoms. The largest absolute Gasteiger partial charge is 0.375 e. The van der Waals surface area contributed by atoms with E-state index in [1.807, 2.05) is 24.3 Å². The van der Waals surface area contributed by atoms with Crippen molar-refractivity contribution in [2.45, 2.75) is 19.3 Å².